The molecule has 5 nitrogen and oxygen atoms in total. The van der Waals surface area contributed by atoms with E-state index in [0.717, 1.165) is 11.1 Å². The van der Waals surface area contributed by atoms with Gasteiger partial charge in [-0.3, -0.25) is 4.21 Å². The average Bonchev–Trinajstić information content (AvgIpc) is 2.90. The van der Waals surface area contributed by atoms with Gasteiger partial charge < -0.3 is 20.8 Å². The number of hydrogen-bond acceptors (Lipinski definition) is 4. The van der Waals surface area contributed by atoms with Crippen LogP contribution < -0.4 is 5.73 Å². The molecule has 4 aromatic carbocycles. The van der Waals surface area contributed by atoms with Gasteiger partial charge >= 0.3 is 19.5 Å². The van der Waals surface area contributed by atoms with E-state index in [9.17, 15) is 13.6 Å². The van der Waals surface area contributed by atoms with Crippen molar-refractivity contribution >= 4 is 28.6 Å². The largest absolute Gasteiger partial charge is 2.00 e. The summed E-state index contributed by atoms with van der Waals surface area (Å²) in [5, 5.41) is -0.109. The summed E-state index contributed by atoms with van der Waals surface area (Å²) in [6, 6.07) is 29.2. The van der Waals surface area contributed by atoms with E-state index in [1.807, 2.05) is 60.7 Å². The molecule has 1 amide bonds. The minimum Gasteiger partial charge on any atom is -0.768 e. The van der Waals surface area contributed by atoms with Gasteiger partial charge in [0.05, 0.1) is 10.9 Å². The summed E-state index contributed by atoms with van der Waals surface area (Å²) < 4.78 is 23.9. The number of carbonyl (C=O) groups is 1. The number of hydrogen-bond donors (Lipinski definition) is 1. The third kappa shape index (κ3) is 8.66. The first-order valence-corrected chi connectivity index (χ1v) is 13.7. The van der Waals surface area contributed by atoms with Crippen LogP contribution in [0.1, 0.15) is 69.9 Å². The van der Waals surface area contributed by atoms with Crippen LogP contribution in [0.4, 0.5) is 0 Å². The number of rotatable bonds is 7. The summed E-state index contributed by atoms with van der Waals surface area (Å²) >= 11 is 3.54. The summed E-state index contributed by atoms with van der Waals surface area (Å²) in [6.45, 7) is 6.54. The van der Waals surface area contributed by atoms with Crippen molar-refractivity contribution in [3.63, 3.8) is 0 Å². The molecule has 4 aromatic rings. The van der Waals surface area contributed by atoms with Crippen LogP contribution >= 0.6 is 11.6 Å². The van der Waals surface area contributed by atoms with E-state index in [1.165, 1.54) is 23.3 Å². The Hall–Kier alpha value is -2.67. The van der Waals surface area contributed by atoms with Crippen LogP contribution in [-0.4, -0.2) is 14.7 Å². The van der Waals surface area contributed by atoms with Crippen LogP contribution in [0.2, 0.25) is 5.02 Å². The first-order valence-electron chi connectivity index (χ1n) is 12.2. The van der Waals surface area contributed by atoms with E-state index < -0.39 is 28.9 Å². The summed E-state index contributed by atoms with van der Waals surface area (Å²) in [6.07, 6.45) is 0. The number of nitrogens with one attached hydrogen (secondary N) is 1. The summed E-state index contributed by atoms with van der Waals surface area (Å²) in [5.41, 5.74) is 18.6. The molecule has 0 fully saturated rings. The van der Waals surface area contributed by atoms with Crippen molar-refractivity contribution in [3.05, 3.63) is 141 Å². The third-order valence-electron chi connectivity index (χ3n) is 6.28. The first-order chi connectivity index (χ1) is 18.1. The van der Waals surface area contributed by atoms with Gasteiger partial charge in [-0.15, -0.1) is 0 Å². The number of aryl methyl sites for hydroxylation is 1. The maximum absolute atomic E-state index is 12.0. The molecule has 0 aliphatic rings. The predicted molar refractivity (Wildman–Crippen MR) is 154 cm³/mol. The Balaban J connectivity index is 0.000000410. The first kappa shape index (κ1) is 32.5. The molecule has 0 radical (unpaired) electrons. The molecule has 39 heavy (non-hydrogen) atoms. The van der Waals surface area contributed by atoms with Gasteiger partial charge in [0.1, 0.15) is 0 Å². The molecular formula is C31H31ClN2O3RuS. The second-order valence-corrected chi connectivity index (χ2v) is 10.6. The Morgan fingerprint density at radius 1 is 0.872 bits per heavy atom. The van der Waals surface area contributed by atoms with Gasteiger partial charge in [0.25, 0.3) is 0 Å². The molecule has 0 spiro atoms. The fourth-order valence-electron chi connectivity index (χ4n) is 4.21. The normalized spacial score (nSPS) is 12.9. The van der Waals surface area contributed by atoms with Crippen LogP contribution in [0.15, 0.2) is 102 Å². The molecular weight excluding hydrogens is 617 g/mol. The van der Waals surface area contributed by atoms with Crippen molar-refractivity contribution in [1.82, 2.24) is 0 Å². The molecule has 204 valence electrons. The van der Waals surface area contributed by atoms with E-state index in [1.54, 1.807) is 0 Å². The van der Waals surface area contributed by atoms with Crippen LogP contribution in [0.3, 0.4) is 0 Å². The molecule has 3 atom stereocenters. The standard InChI is InChI=1S/C21H19ClN2O3S.C10H14.Ru/c22-17-12-15(21(24)25)11-16(20(17)28(26)27)18(13-7-3-1-4-8-13)19(23)14-9-5-2-6-10-14;1-8(2)10-6-4-9(3)5-7-10;/h1-12,18-19H,23H2,(H3,24,25,26,27);4-8H,1-3H3;/q;;+2/p-2/t18-,19+;;/m0../s1. The zero-order valence-electron chi connectivity index (χ0n) is 21.9. The summed E-state index contributed by atoms with van der Waals surface area (Å²) in [7, 11) is 0. The van der Waals surface area contributed by atoms with Crippen LogP contribution in [0.5, 0.6) is 0 Å². The van der Waals surface area contributed by atoms with Gasteiger partial charge in [0.15, 0.2) is 0 Å². The SMILES string of the molecule is Cc1ccc(C(C)C)cc1.[NH-]C(=O)c1cc(Cl)c(S(=O)[O-])c([C@H](c2ccccc2)[C@H](N)c2ccccc2)c1.[Ru+2]. The molecule has 0 heterocycles. The van der Waals surface area contributed by atoms with Crippen molar-refractivity contribution in [2.45, 2.75) is 43.5 Å². The Labute approximate surface area is 251 Å². The topological polar surface area (TPSA) is 107 Å². The van der Waals surface area contributed by atoms with Crippen LogP contribution in [0.25, 0.3) is 5.73 Å². The summed E-state index contributed by atoms with van der Waals surface area (Å²) in [4.78, 5) is 11.5. The van der Waals surface area contributed by atoms with E-state index in [2.05, 4.69) is 45.0 Å². The Morgan fingerprint density at radius 2 is 1.38 bits per heavy atom. The van der Waals surface area contributed by atoms with Crippen LogP contribution in [-0.2, 0) is 30.6 Å². The zero-order valence-corrected chi connectivity index (χ0v) is 25.2. The second kappa shape index (κ2) is 15.2. The molecule has 1 unspecified atom stereocenters. The maximum Gasteiger partial charge on any atom is 2.00 e. The average molecular weight is 648 g/mol. The molecule has 0 aliphatic carbocycles. The maximum atomic E-state index is 12.0. The molecule has 4 rings (SSSR count). The Kier molecular flexibility index (Phi) is 12.7. The molecule has 0 aromatic heterocycles. The zero-order chi connectivity index (χ0) is 27.8. The molecule has 0 aliphatic heterocycles. The summed E-state index contributed by atoms with van der Waals surface area (Å²) in [5.74, 6) is -0.889. The molecule has 3 N–H and O–H groups in total. The van der Waals surface area contributed by atoms with E-state index in [4.69, 9.17) is 23.1 Å². The molecule has 0 saturated carbocycles. The van der Waals surface area contributed by atoms with E-state index in [0.29, 0.717) is 11.5 Å². The van der Waals surface area contributed by atoms with E-state index in [-0.39, 0.29) is 35.0 Å². The number of carbonyl (C=O) groups excluding carboxylic acids is 1. The van der Waals surface area contributed by atoms with Crippen molar-refractivity contribution < 1.29 is 33.0 Å². The van der Waals surface area contributed by atoms with Crippen molar-refractivity contribution in [3.8, 4) is 0 Å². The van der Waals surface area contributed by atoms with Crippen molar-refractivity contribution in [2.24, 2.45) is 5.73 Å². The Morgan fingerprint density at radius 3 is 1.85 bits per heavy atom. The molecule has 0 bridgehead atoms. The number of nitrogens with two attached hydrogens (primary N) is 1. The minimum absolute atomic E-state index is 0. The minimum atomic E-state index is -2.65. The van der Waals surface area contributed by atoms with Gasteiger partial charge in [-0.05, 0) is 58.3 Å². The second-order valence-electron chi connectivity index (χ2n) is 9.33. The van der Waals surface area contributed by atoms with Gasteiger partial charge in [-0.25, -0.2) is 0 Å². The van der Waals surface area contributed by atoms with Crippen molar-refractivity contribution in [2.75, 3.05) is 0 Å². The molecule has 0 saturated heterocycles. The fraction of sp³-hybridized carbons (Fsp3) is 0.194. The van der Waals surface area contributed by atoms with Gasteiger partial charge in [0, 0.05) is 22.4 Å². The van der Waals surface area contributed by atoms with Crippen molar-refractivity contribution in [1.29, 1.82) is 0 Å². The quantitative estimate of drug-likeness (QED) is 0.164. The van der Waals surface area contributed by atoms with Gasteiger partial charge in [-0.2, -0.15) is 0 Å². The Bertz CT molecular complexity index is 1380. The third-order valence-corrected chi connectivity index (χ3v) is 7.48. The predicted octanol–water partition coefficient (Wildman–Crippen LogP) is 7.72. The van der Waals surface area contributed by atoms with Gasteiger partial charge in [-0.1, -0.05) is 116 Å². The number of amides is 1. The number of halogens is 1. The monoisotopic (exact) mass is 648 g/mol. The fourth-order valence-corrected chi connectivity index (χ4v) is 5.22. The molecule has 8 heteroatoms. The van der Waals surface area contributed by atoms with E-state index >= 15 is 0 Å². The van der Waals surface area contributed by atoms with Gasteiger partial charge in [0.2, 0.25) is 0 Å². The smallest absolute Gasteiger partial charge is 0.768 e. The number of benzene rings is 4. The van der Waals surface area contributed by atoms with Crippen LogP contribution in [0, 0.1) is 6.92 Å².